The Hall–Kier alpha value is -2.16. The molecule has 1 aromatic carbocycles. The fraction of sp³-hybridized carbons (Fsp3) is 0.615. The van der Waals surface area contributed by atoms with Gasteiger partial charge in [-0.05, 0) is 81.7 Å². The molecule has 0 radical (unpaired) electrons. The van der Waals surface area contributed by atoms with Gasteiger partial charge in [0, 0.05) is 44.2 Å². The van der Waals surface area contributed by atoms with E-state index in [4.69, 9.17) is 4.74 Å². The molecule has 1 N–H and O–H groups in total. The minimum Gasteiger partial charge on any atom is -0.392 e. The summed E-state index contributed by atoms with van der Waals surface area (Å²) in [6.07, 6.45) is 3.00. The lowest BCUT2D eigenvalue weighted by molar-refractivity contribution is -0.139. The summed E-state index contributed by atoms with van der Waals surface area (Å²) in [4.78, 5) is 28.1. The lowest BCUT2D eigenvalue weighted by Crippen LogP contribution is -2.41. The normalized spacial score (nSPS) is 23.7. The quantitative estimate of drug-likeness (QED) is 0.737. The predicted octanol–water partition coefficient (Wildman–Crippen LogP) is 3.52. The number of carbonyl (C=O) groups is 2. The highest BCUT2D eigenvalue weighted by Crippen LogP contribution is 2.32. The average molecular weight is 426 g/mol. The second-order valence-electron chi connectivity index (χ2n) is 8.87. The van der Waals surface area contributed by atoms with Crippen LogP contribution in [-0.4, -0.2) is 54.1 Å². The molecule has 2 fully saturated rings. The summed E-state index contributed by atoms with van der Waals surface area (Å²) in [5.74, 6) is 5.76. The molecule has 31 heavy (non-hydrogen) atoms. The van der Waals surface area contributed by atoms with Gasteiger partial charge in [0.1, 0.15) is 5.78 Å². The lowest BCUT2D eigenvalue weighted by Gasteiger charge is -2.32. The van der Waals surface area contributed by atoms with Crippen LogP contribution in [0.25, 0.3) is 0 Å². The molecule has 5 nitrogen and oxygen atoms in total. The maximum absolute atomic E-state index is 13.2. The molecule has 2 atom stereocenters. The van der Waals surface area contributed by atoms with E-state index in [2.05, 4.69) is 11.8 Å². The molecule has 2 aliphatic heterocycles. The molecule has 2 heterocycles. The Morgan fingerprint density at radius 3 is 2.39 bits per heavy atom. The van der Waals surface area contributed by atoms with Gasteiger partial charge in [-0.25, -0.2) is 0 Å². The zero-order valence-electron chi connectivity index (χ0n) is 19.1. The van der Waals surface area contributed by atoms with E-state index in [0.717, 1.165) is 35.1 Å². The molecule has 0 aliphatic carbocycles. The smallest absolute Gasteiger partial charge is 0.225 e. The number of benzene rings is 1. The van der Waals surface area contributed by atoms with E-state index in [-0.39, 0.29) is 17.6 Å². The van der Waals surface area contributed by atoms with Gasteiger partial charge in [-0.3, -0.25) is 9.59 Å². The van der Waals surface area contributed by atoms with Crippen molar-refractivity contribution in [2.45, 2.75) is 71.3 Å². The standard InChI is InChI=1S/C26H35NO4/c1-4-7-20-16-18(2)24(19(3)17-20)25-22(28)8-5-12-27(13-6-9-23(25)29)26(30)21-10-14-31-15-11-21/h16-17,21-22,25,28H,5-6,8-15H2,1-3H3. The summed E-state index contributed by atoms with van der Waals surface area (Å²) in [6.45, 7) is 8.33. The molecule has 3 rings (SSSR count). The summed E-state index contributed by atoms with van der Waals surface area (Å²) >= 11 is 0. The summed E-state index contributed by atoms with van der Waals surface area (Å²) in [6, 6.07) is 4.01. The average Bonchev–Trinajstić information content (AvgIpc) is 2.75. The second-order valence-corrected chi connectivity index (χ2v) is 8.87. The topological polar surface area (TPSA) is 66.8 Å². The molecular formula is C26H35NO4. The molecular weight excluding hydrogens is 390 g/mol. The third kappa shape index (κ3) is 5.75. The van der Waals surface area contributed by atoms with E-state index >= 15 is 0 Å². The Morgan fingerprint density at radius 1 is 1.10 bits per heavy atom. The van der Waals surface area contributed by atoms with Crippen molar-refractivity contribution in [3.05, 3.63) is 34.4 Å². The van der Waals surface area contributed by atoms with Crippen molar-refractivity contribution in [1.82, 2.24) is 4.90 Å². The van der Waals surface area contributed by atoms with Crippen molar-refractivity contribution in [2.75, 3.05) is 26.3 Å². The van der Waals surface area contributed by atoms with Gasteiger partial charge in [-0.2, -0.15) is 0 Å². The van der Waals surface area contributed by atoms with Crippen LogP contribution in [0.1, 0.15) is 73.6 Å². The molecule has 168 valence electrons. The Bertz CT molecular complexity index is 837. The van der Waals surface area contributed by atoms with Crippen molar-refractivity contribution in [2.24, 2.45) is 5.92 Å². The molecule has 5 heteroatoms. The zero-order valence-corrected chi connectivity index (χ0v) is 19.1. The van der Waals surface area contributed by atoms with Gasteiger partial charge in [0.05, 0.1) is 12.0 Å². The van der Waals surface area contributed by atoms with E-state index in [0.29, 0.717) is 52.0 Å². The van der Waals surface area contributed by atoms with E-state index in [9.17, 15) is 14.7 Å². The largest absolute Gasteiger partial charge is 0.392 e. The summed E-state index contributed by atoms with van der Waals surface area (Å²) in [7, 11) is 0. The molecule has 1 aromatic rings. The first-order valence-corrected chi connectivity index (χ1v) is 11.5. The second kappa shape index (κ2) is 10.9. The van der Waals surface area contributed by atoms with Crippen LogP contribution in [0.5, 0.6) is 0 Å². The monoisotopic (exact) mass is 425 g/mol. The minimum absolute atomic E-state index is 0.0279. The van der Waals surface area contributed by atoms with Crippen LogP contribution in [0.3, 0.4) is 0 Å². The first kappa shape index (κ1) is 23.5. The van der Waals surface area contributed by atoms with Gasteiger partial charge < -0.3 is 14.7 Å². The molecule has 1 amide bonds. The summed E-state index contributed by atoms with van der Waals surface area (Å²) in [5.41, 5.74) is 3.88. The highest BCUT2D eigenvalue weighted by atomic mass is 16.5. The van der Waals surface area contributed by atoms with Crippen molar-refractivity contribution >= 4 is 11.7 Å². The fourth-order valence-corrected chi connectivity index (χ4v) is 5.04. The number of hydrogen-bond acceptors (Lipinski definition) is 4. The Labute approximate surface area is 186 Å². The number of carbonyl (C=O) groups excluding carboxylic acids is 2. The maximum Gasteiger partial charge on any atom is 0.225 e. The van der Waals surface area contributed by atoms with Crippen LogP contribution < -0.4 is 0 Å². The number of aliphatic hydroxyl groups is 1. The SMILES string of the molecule is CC#Cc1cc(C)c(C2C(=O)CCCN(C(=O)C3CCOCC3)CCCC2O)c(C)c1. The summed E-state index contributed by atoms with van der Waals surface area (Å²) in [5, 5.41) is 11.0. The first-order chi connectivity index (χ1) is 14.9. The molecule has 2 saturated heterocycles. The number of hydrogen-bond donors (Lipinski definition) is 1. The Morgan fingerprint density at radius 2 is 1.74 bits per heavy atom. The van der Waals surface area contributed by atoms with Crippen molar-refractivity contribution in [3.63, 3.8) is 0 Å². The van der Waals surface area contributed by atoms with Gasteiger partial charge in [0.15, 0.2) is 0 Å². The Balaban J connectivity index is 1.75. The van der Waals surface area contributed by atoms with Crippen molar-refractivity contribution < 1.29 is 19.4 Å². The van der Waals surface area contributed by atoms with Crippen LogP contribution in [0, 0.1) is 31.6 Å². The van der Waals surface area contributed by atoms with Gasteiger partial charge in [0.25, 0.3) is 0 Å². The number of rotatable bonds is 2. The maximum atomic E-state index is 13.2. The van der Waals surface area contributed by atoms with E-state index in [1.807, 2.05) is 37.8 Å². The third-order valence-electron chi connectivity index (χ3n) is 6.57. The number of aliphatic hydroxyl groups excluding tert-OH is 1. The van der Waals surface area contributed by atoms with Gasteiger partial charge in [-0.1, -0.05) is 5.92 Å². The number of amides is 1. The lowest BCUT2D eigenvalue weighted by atomic mass is 9.80. The van der Waals surface area contributed by atoms with Crippen LogP contribution in [0.4, 0.5) is 0 Å². The van der Waals surface area contributed by atoms with E-state index in [1.165, 1.54) is 0 Å². The fourth-order valence-electron chi connectivity index (χ4n) is 5.04. The number of ketones is 1. The van der Waals surface area contributed by atoms with Crippen LogP contribution >= 0.6 is 0 Å². The van der Waals surface area contributed by atoms with Gasteiger partial charge in [0.2, 0.25) is 5.91 Å². The van der Waals surface area contributed by atoms with Crippen molar-refractivity contribution in [3.8, 4) is 11.8 Å². The number of aryl methyl sites for hydroxylation is 2. The molecule has 0 aromatic heterocycles. The molecule has 2 unspecified atom stereocenters. The van der Waals surface area contributed by atoms with Crippen LogP contribution in [-0.2, 0) is 14.3 Å². The molecule has 2 aliphatic rings. The van der Waals surface area contributed by atoms with Crippen molar-refractivity contribution in [1.29, 1.82) is 0 Å². The molecule has 0 bridgehead atoms. The predicted molar refractivity (Wildman–Crippen MR) is 121 cm³/mol. The highest BCUT2D eigenvalue weighted by Gasteiger charge is 2.33. The highest BCUT2D eigenvalue weighted by molar-refractivity contribution is 5.87. The summed E-state index contributed by atoms with van der Waals surface area (Å²) < 4.78 is 5.38. The number of Topliss-reactive ketones (excluding diaryl/α,β-unsaturated/α-hetero) is 1. The number of ether oxygens (including phenoxy) is 1. The zero-order chi connectivity index (χ0) is 22.4. The van der Waals surface area contributed by atoms with Crippen LogP contribution in [0.2, 0.25) is 0 Å². The third-order valence-corrected chi connectivity index (χ3v) is 6.57. The number of nitrogens with zero attached hydrogens (tertiary/aromatic N) is 1. The minimum atomic E-state index is -0.744. The molecule has 0 spiro atoms. The van der Waals surface area contributed by atoms with Gasteiger partial charge in [-0.15, -0.1) is 5.92 Å². The van der Waals surface area contributed by atoms with Crippen LogP contribution in [0.15, 0.2) is 12.1 Å². The first-order valence-electron chi connectivity index (χ1n) is 11.5. The Kier molecular flexibility index (Phi) is 8.28. The van der Waals surface area contributed by atoms with Gasteiger partial charge >= 0.3 is 0 Å². The molecule has 0 saturated carbocycles. The van der Waals surface area contributed by atoms with E-state index < -0.39 is 12.0 Å². The van der Waals surface area contributed by atoms with E-state index in [1.54, 1.807) is 0 Å².